The van der Waals surface area contributed by atoms with Crippen LogP contribution in [0.15, 0.2) is 30.3 Å². The van der Waals surface area contributed by atoms with Gasteiger partial charge >= 0.3 is 5.97 Å². The van der Waals surface area contributed by atoms with Crippen LogP contribution in [-0.4, -0.2) is 25.2 Å². The lowest BCUT2D eigenvalue weighted by Gasteiger charge is -1.95. The summed E-state index contributed by atoms with van der Waals surface area (Å²) in [6, 6.07) is 8.88. The normalized spacial score (nSPS) is 6.56. The van der Waals surface area contributed by atoms with E-state index in [1.165, 1.54) is 7.11 Å². The van der Waals surface area contributed by atoms with Gasteiger partial charge in [0.2, 0.25) is 12.2 Å². The second-order valence-corrected chi connectivity index (χ2v) is 2.06. The van der Waals surface area contributed by atoms with Crippen molar-refractivity contribution in [2.75, 3.05) is 7.11 Å². The summed E-state index contributed by atoms with van der Waals surface area (Å²) in [5, 5.41) is 10.8. The first-order chi connectivity index (χ1) is 7.67. The Morgan fingerprint density at radius 2 is 1.50 bits per heavy atom. The molecule has 0 atom stereocenters. The third kappa shape index (κ3) is 9.54. The Bertz CT molecular complexity index is 352. The third-order valence-corrected chi connectivity index (χ3v) is 1.19. The molecule has 1 rings (SSSR count). The molecule has 0 heterocycles. The smallest absolute Gasteiger partial charge is 0.337 e. The minimum Gasteiger partial charge on any atom is -0.465 e. The van der Waals surface area contributed by atoms with Gasteiger partial charge in [-0.3, -0.25) is 0 Å². The summed E-state index contributed by atoms with van der Waals surface area (Å²) in [6.45, 7) is 0. The number of hydrogen-bond donors (Lipinski definition) is 2. The first-order valence-electron chi connectivity index (χ1n) is 3.89. The number of benzene rings is 1. The summed E-state index contributed by atoms with van der Waals surface area (Å²) >= 11 is 0. The summed E-state index contributed by atoms with van der Waals surface area (Å²) in [7, 11) is 1.37. The summed E-state index contributed by atoms with van der Waals surface area (Å²) in [5.74, 6) is -0.291. The summed E-state index contributed by atoms with van der Waals surface area (Å²) < 4.78 is 4.50. The van der Waals surface area contributed by atoms with Crippen LogP contribution >= 0.6 is 0 Å². The van der Waals surface area contributed by atoms with E-state index in [0.717, 1.165) is 12.2 Å². The topological polar surface area (TPSA) is 108 Å². The monoisotopic (exact) mass is 222 g/mol. The quantitative estimate of drug-likeness (QED) is 0.423. The van der Waals surface area contributed by atoms with Crippen LogP contribution < -0.4 is 0 Å². The van der Waals surface area contributed by atoms with E-state index in [1.54, 1.807) is 24.3 Å². The Morgan fingerprint density at radius 3 is 1.81 bits per heavy atom. The van der Waals surface area contributed by atoms with Crippen molar-refractivity contribution >= 4 is 18.1 Å². The molecule has 0 aliphatic rings. The largest absolute Gasteiger partial charge is 0.465 e. The van der Waals surface area contributed by atoms with Gasteiger partial charge in [0.1, 0.15) is 0 Å². The SMILES string of the molecule is COC(=O)c1ccccc1.N=C=O.N=C=O. The maximum Gasteiger partial charge on any atom is 0.337 e. The van der Waals surface area contributed by atoms with E-state index >= 15 is 0 Å². The molecule has 0 saturated carbocycles. The van der Waals surface area contributed by atoms with Crippen LogP contribution in [0, 0.1) is 10.8 Å². The number of rotatable bonds is 1. The van der Waals surface area contributed by atoms with Crippen LogP contribution in [0.2, 0.25) is 0 Å². The van der Waals surface area contributed by atoms with Gasteiger partial charge in [0.25, 0.3) is 0 Å². The molecule has 0 saturated heterocycles. The summed E-state index contributed by atoms with van der Waals surface area (Å²) in [5.41, 5.74) is 0.588. The van der Waals surface area contributed by atoms with E-state index < -0.39 is 0 Å². The fraction of sp³-hybridized carbons (Fsp3) is 0.100. The highest BCUT2D eigenvalue weighted by molar-refractivity contribution is 5.89. The molecule has 0 amide bonds. The zero-order chi connectivity index (χ0) is 12.8. The Hall–Kier alpha value is -2.55. The minimum atomic E-state index is -0.291. The van der Waals surface area contributed by atoms with Crippen molar-refractivity contribution in [2.24, 2.45) is 0 Å². The van der Waals surface area contributed by atoms with E-state index in [2.05, 4.69) is 4.74 Å². The number of nitrogens with one attached hydrogen (secondary N) is 2. The highest BCUT2D eigenvalue weighted by atomic mass is 16.5. The summed E-state index contributed by atoms with van der Waals surface area (Å²) in [4.78, 5) is 27.5. The van der Waals surface area contributed by atoms with Crippen molar-refractivity contribution in [2.45, 2.75) is 0 Å². The lowest BCUT2D eigenvalue weighted by molar-refractivity contribution is 0.0600. The minimum absolute atomic E-state index is 0.291. The van der Waals surface area contributed by atoms with Crippen molar-refractivity contribution in [3.05, 3.63) is 35.9 Å². The number of ether oxygens (including phenoxy) is 1. The maximum absolute atomic E-state index is 10.8. The summed E-state index contributed by atoms with van der Waals surface area (Å²) in [6.07, 6.45) is 1.50. The first kappa shape index (κ1) is 15.9. The van der Waals surface area contributed by atoms with Crippen LogP contribution in [0.4, 0.5) is 0 Å². The molecular formula is C10H10N2O4. The highest BCUT2D eigenvalue weighted by Crippen LogP contribution is 1.98. The van der Waals surface area contributed by atoms with Gasteiger partial charge in [0.15, 0.2) is 0 Å². The second-order valence-electron chi connectivity index (χ2n) is 2.06. The number of carbonyl (C=O) groups excluding carboxylic acids is 3. The van der Waals surface area contributed by atoms with Crippen molar-refractivity contribution in [1.29, 1.82) is 10.8 Å². The molecule has 6 heteroatoms. The number of methoxy groups -OCH3 is 1. The zero-order valence-corrected chi connectivity index (χ0v) is 8.52. The number of esters is 1. The Kier molecular flexibility index (Phi) is 12.4. The molecule has 0 fully saturated rings. The van der Waals surface area contributed by atoms with Gasteiger partial charge in [-0.2, -0.15) is 0 Å². The van der Waals surface area contributed by atoms with Crippen molar-refractivity contribution in [3.8, 4) is 0 Å². The van der Waals surface area contributed by atoms with Gasteiger partial charge in [0, 0.05) is 0 Å². The molecule has 6 nitrogen and oxygen atoms in total. The lowest BCUT2D eigenvalue weighted by Crippen LogP contribution is -1.99. The predicted molar refractivity (Wildman–Crippen MR) is 54.6 cm³/mol. The molecule has 2 N–H and O–H groups in total. The molecule has 1 aromatic carbocycles. The van der Waals surface area contributed by atoms with Crippen LogP contribution in [-0.2, 0) is 14.3 Å². The van der Waals surface area contributed by atoms with E-state index in [-0.39, 0.29) is 5.97 Å². The van der Waals surface area contributed by atoms with E-state index in [0.29, 0.717) is 5.56 Å². The van der Waals surface area contributed by atoms with Gasteiger partial charge in [-0.25, -0.2) is 25.2 Å². The Labute approximate surface area is 91.9 Å². The molecule has 0 aromatic heterocycles. The molecule has 1 aromatic rings. The Morgan fingerprint density at radius 1 is 1.12 bits per heavy atom. The molecular weight excluding hydrogens is 212 g/mol. The van der Waals surface area contributed by atoms with Gasteiger partial charge in [-0.1, -0.05) is 18.2 Å². The first-order valence-corrected chi connectivity index (χ1v) is 3.89. The van der Waals surface area contributed by atoms with Crippen LogP contribution in [0.1, 0.15) is 10.4 Å². The number of carbonyl (C=O) groups is 1. The Balaban J connectivity index is 0. The fourth-order valence-electron chi connectivity index (χ4n) is 0.692. The molecule has 16 heavy (non-hydrogen) atoms. The number of isocyanates is 2. The molecule has 0 radical (unpaired) electrons. The maximum atomic E-state index is 10.8. The highest BCUT2D eigenvalue weighted by Gasteiger charge is 2.00. The van der Waals surface area contributed by atoms with Crippen molar-refractivity contribution < 1.29 is 19.1 Å². The standard InChI is InChI=1S/C8H8O2.2CHNO/c1-10-8(9)7-5-3-2-4-6-7;2*2-1-3/h2-6H,1H3;2*2H. The second kappa shape index (κ2) is 12.4. The third-order valence-electron chi connectivity index (χ3n) is 1.19. The van der Waals surface area contributed by atoms with Crippen LogP contribution in [0.5, 0.6) is 0 Å². The molecule has 0 unspecified atom stereocenters. The molecule has 84 valence electrons. The van der Waals surface area contributed by atoms with E-state index in [4.69, 9.17) is 20.4 Å². The average molecular weight is 222 g/mol. The van der Waals surface area contributed by atoms with E-state index in [1.807, 2.05) is 6.07 Å². The van der Waals surface area contributed by atoms with Gasteiger partial charge in [0.05, 0.1) is 12.7 Å². The lowest BCUT2D eigenvalue weighted by atomic mass is 10.2. The zero-order valence-electron chi connectivity index (χ0n) is 8.52. The van der Waals surface area contributed by atoms with Crippen LogP contribution in [0.25, 0.3) is 0 Å². The van der Waals surface area contributed by atoms with Crippen molar-refractivity contribution in [1.82, 2.24) is 0 Å². The molecule has 0 spiro atoms. The van der Waals surface area contributed by atoms with Crippen LogP contribution in [0.3, 0.4) is 0 Å². The van der Waals surface area contributed by atoms with E-state index in [9.17, 15) is 4.79 Å². The van der Waals surface area contributed by atoms with Gasteiger partial charge in [-0.05, 0) is 12.1 Å². The van der Waals surface area contributed by atoms with Gasteiger partial charge in [-0.15, -0.1) is 0 Å². The van der Waals surface area contributed by atoms with Crippen molar-refractivity contribution in [3.63, 3.8) is 0 Å². The fourth-order valence-corrected chi connectivity index (χ4v) is 0.692. The predicted octanol–water partition coefficient (Wildman–Crippen LogP) is 1.28. The number of hydrogen-bond acceptors (Lipinski definition) is 6. The molecule has 0 bridgehead atoms. The average Bonchev–Trinajstić information content (AvgIpc) is 2.31. The molecule has 0 aliphatic carbocycles. The molecule has 0 aliphatic heterocycles. The van der Waals surface area contributed by atoms with Gasteiger partial charge < -0.3 is 4.74 Å².